The first-order valence-electron chi connectivity index (χ1n) is 15.0. The molecule has 1 aromatic rings. The second-order valence-corrected chi connectivity index (χ2v) is 12.9. The molecule has 0 aromatic heterocycles. The van der Waals surface area contributed by atoms with Gasteiger partial charge in [0.1, 0.15) is 6.10 Å². The Morgan fingerprint density at radius 1 is 0.976 bits per heavy atom. The van der Waals surface area contributed by atoms with Gasteiger partial charge >= 0.3 is 6.09 Å². The Balaban J connectivity index is 1.24. The van der Waals surface area contributed by atoms with E-state index in [0.29, 0.717) is 54.9 Å². The van der Waals surface area contributed by atoms with Crippen molar-refractivity contribution < 1.29 is 27.8 Å². The number of halogens is 4. The van der Waals surface area contributed by atoms with Crippen molar-refractivity contribution in [3.63, 3.8) is 0 Å². The van der Waals surface area contributed by atoms with Crippen molar-refractivity contribution in [2.45, 2.75) is 81.9 Å². The molecule has 4 fully saturated rings. The molecule has 2 amide bonds. The molecule has 0 unspecified atom stereocenters. The average Bonchev–Trinajstić information content (AvgIpc) is 3.44. The second-order valence-electron chi connectivity index (χ2n) is 12.1. The number of likely N-dealkylation sites (N-methyl/N-ethyl adjacent to an activating group) is 1. The summed E-state index contributed by atoms with van der Waals surface area (Å²) >= 11 is 12.5. The Morgan fingerprint density at radius 2 is 1.66 bits per heavy atom. The number of nitrogens with zero attached hydrogens (tertiary/aromatic N) is 3. The van der Waals surface area contributed by atoms with Crippen LogP contribution in [0.15, 0.2) is 18.2 Å². The maximum Gasteiger partial charge on any atom is 0.410 e. The maximum absolute atomic E-state index is 13.8. The van der Waals surface area contributed by atoms with Crippen LogP contribution >= 0.6 is 23.2 Å². The van der Waals surface area contributed by atoms with Gasteiger partial charge in [0, 0.05) is 57.1 Å². The highest BCUT2D eigenvalue weighted by Crippen LogP contribution is 2.37. The third-order valence-electron chi connectivity index (χ3n) is 9.69. The van der Waals surface area contributed by atoms with Gasteiger partial charge in [0.15, 0.2) is 0 Å². The summed E-state index contributed by atoms with van der Waals surface area (Å²) in [6, 6.07) is 5.68. The molecule has 41 heavy (non-hydrogen) atoms. The van der Waals surface area contributed by atoms with Crippen LogP contribution in [0.5, 0.6) is 0 Å². The van der Waals surface area contributed by atoms with Crippen molar-refractivity contribution in [3.05, 3.63) is 33.8 Å². The van der Waals surface area contributed by atoms with Crippen LogP contribution in [0, 0.1) is 11.8 Å². The van der Waals surface area contributed by atoms with Gasteiger partial charge in [0.05, 0.1) is 16.1 Å². The van der Waals surface area contributed by atoms with Crippen molar-refractivity contribution in [1.29, 1.82) is 0 Å². The van der Waals surface area contributed by atoms with Crippen molar-refractivity contribution >= 4 is 35.2 Å². The molecule has 7 nitrogen and oxygen atoms in total. The fraction of sp³-hybridized carbons (Fsp3) is 0.733. The van der Waals surface area contributed by atoms with E-state index in [0.717, 1.165) is 57.6 Å². The number of carbonyl (C=O) groups is 2. The predicted octanol–water partition coefficient (Wildman–Crippen LogP) is 6.07. The van der Waals surface area contributed by atoms with E-state index >= 15 is 0 Å². The SMILES string of the molecule is CN(C(=O)OC1CCC(C(F)F)CC1)[C@@H]1CN(C(=O)C2CCN(C3CCOCC3)CC2)C[C@@H]1c1ccc(Cl)c(Cl)c1. The minimum Gasteiger partial charge on any atom is -0.446 e. The lowest BCUT2D eigenvalue weighted by molar-refractivity contribution is -0.136. The van der Waals surface area contributed by atoms with Crippen LogP contribution < -0.4 is 0 Å². The van der Waals surface area contributed by atoms with Crippen LogP contribution in [0.2, 0.25) is 10.0 Å². The molecule has 3 aliphatic heterocycles. The van der Waals surface area contributed by atoms with Gasteiger partial charge in [-0.15, -0.1) is 0 Å². The summed E-state index contributed by atoms with van der Waals surface area (Å²) in [4.78, 5) is 33.0. The molecule has 5 rings (SSSR count). The number of hydrogen-bond donors (Lipinski definition) is 0. The van der Waals surface area contributed by atoms with Crippen LogP contribution in [0.25, 0.3) is 0 Å². The van der Waals surface area contributed by atoms with E-state index in [1.165, 1.54) is 0 Å². The summed E-state index contributed by atoms with van der Waals surface area (Å²) in [7, 11) is 1.70. The molecular formula is C30H41Cl2F2N3O4. The Hall–Kier alpha value is -1.68. The van der Waals surface area contributed by atoms with Crippen molar-refractivity contribution in [3.8, 4) is 0 Å². The molecule has 3 saturated heterocycles. The molecule has 0 N–H and O–H groups in total. The van der Waals surface area contributed by atoms with Crippen molar-refractivity contribution in [2.75, 3.05) is 46.4 Å². The Morgan fingerprint density at radius 3 is 2.29 bits per heavy atom. The number of likely N-dealkylation sites (tertiary alicyclic amines) is 2. The van der Waals surface area contributed by atoms with Crippen LogP contribution in [0.3, 0.4) is 0 Å². The monoisotopic (exact) mass is 615 g/mol. The Bertz CT molecular complexity index is 1060. The number of carbonyl (C=O) groups excluding carboxylic acids is 2. The van der Waals surface area contributed by atoms with Gasteiger partial charge in [-0.2, -0.15) is 0 Å². The van der Waals surface area contributed by atoms with Crippen molar-refractivity contribution in [2.24, 2.45) is 11.8 Å². The van der Waals surface area contributed by atoms with Gasteiger partial charge in [-0.05, 0) is 82.2 Å². The number of benzene rings is 1. The summed E-state index contributed by atoms with van der Waals surface area (Å²) in [6.45, 7) is 4.30. The molecule has 228 valence electrons. The first-order valence-corrected chi connectivity index (χ1v) is 15.7. The van der Waals surface area contributed by atoms with Crippen LogP contribution in [-0.2, 0) is 14.3 Å². The highest BCUT2D eigenvalue weighted by molar-refractivity contribution is 6.42. The van der Waals surface area contributed by atoms with Gasteiger partial charge in [0.25, 0.3) is 0 Å². The minimum atomic E-state index is -2.34. The highest BCUT2D eigenvalue weighted by Gasteiger charge is 2.43. The van der Waals surface area contributed by atoms with Gasteiger partial charge < -0.3 is 24.2 Å². The van der Waals surface area contributed by atoms with E-state index in [2.05, 4.69) is 4.90 Å². The average molecular weight is 617 g/mol. The van der Waals surface area contributed by atoms with E-state index in [1.54, 1.807) is 18.0 Å². The van der Waals surface area contributed by atoms with E-state index < -0.39 is 18.4 Å². The lowest BCUT2D eigenvalue weighted by Gasteiger charge is -2.39. The van der Waals surface area contributed by atoms with E-state index in [4.69, 9.17) is 32.7 Å². The normalized spacial score (nSPS) is 28.7. The number of piperidine rings is 1. The zero-order chi connectivity index (χ0) is 29.1. The quantitative estimate of drug-likeness (QED) is 0.389. The third-order valence-corrected chi connectivity index (χ3v) is 10.4. The smallest absolute Gasteiger partial charge is 0.410 e. The number of rotatable bonds is 6. The zero-order valence-electron chi connectivity index (χ0n) is 23.7. The Labute approximate surface area is 251 Å². The van der Waals surface area contributed by atoms with E-state index in [9.17, 15) is 18.4 Å². The van der Waals surface area contributed by atoms with E-state index in [-0.39, 0.29) is 29.9 Å². The molecule has 1 saturated carbocycles. The fourth-order valence-electron chi connectivity index (χ4n) is 7.07. The molecule has 2 atom stereocenters. The maximum atomic E-state index is 13.8. The minimum absolute atomic E-state index is 0.0402. The highest BCUT2D eigenvalue weighted by atomic mass is 35.5. The molecular weight excluding hydrogens is 575 g/mol. The van der Waals surface area contributed by atoms with Gasteiger partial charge in [-0.25, -0.2) is 13.6 Å². The Kier molecular flexibility index (Phi) is 10.3. The second kappa shape index (κ2) is 13.7. The standard InChI is InChI=1S/C30H41Cl2F2N3O4/c1-35(30(39)41-23-5-2-19(3-6-23)28(33)34)27-18-37(17-24(27)21-4-7-25(31)26(32)16-21)29(38)20-8-12-36(13-9-20)22-10-14-40-15-11-22/h4,7,16,19-20,22-24,27-28H,2-3,5-6,8-15,17-18H2,1H3/t19?,23?,24-,27-/m1/s1. The van der Waals surface area contributed by atoms with Gasteiger partial charge in [-0.3, -0.25) is 4.79 Å². The first kappa shape index (κ1) is 30.8. The lowest BCUT2D eigenvalue weighted by atomic mass is 9.88. The van der Waals surface area contributed by atoms with Crippen LogP contribution in [0.1, 0.15) is 62.8 Å². The topological polar surface area (TPSA) is 62.3 Å². The fourth-order valence-corrected chi connectivity index (χ4v) is 7.38. The summed E-state index contributed by atoms with van der Waals surface area (Å²) in [5, 5.41) is 0.871. The summed E-state index contributed by atoms with van der Waals surface area (Å²) in [5.74, 6) is -0.694. The number of ether oxygens (including phenoxy) is 2. The number of amides is 2. The number of hydrogen-bond acceptors (Lipinski definition) is 5. The third kappa shape index (κ3) is 7.28. The van der Waals surface area contributed by atoms with Crippen molar-refractivity contribution in [1.82, 2.24) is 14.7 Å². The molecule has 0 radical (unpaired) electrons. The lowest BCUT2D eigenvalue weighted by Crippen LogP contribution is -2.47. The van der Waals surface area contributed by atoms with Gasteiger partial charge in [-0.1, -0.05) is 29.3 Å². The van der Waals surface area contributed by atoms with Crippen LogP contribution in [-0.4, -0.2) is 97.8 Å². The predicted molar refractivity (Wildman–Crippen MR) is 154 cm³/mol. The molecule has 0 bridgehead atoms. The molecule has 1 aliphatic carbocycles. The molecule has 11 heteroatoms. The molecule has 4 aliphatic rings. The molecule has 0 spiro atoms. The molecule has 3 heterocycles. The summed E-state index contributed by atoms with van der Waals surface area (Å²) in [5.41, 5.74) is 0.908. The van der Waals surface area contributed by atoms with Crippen LogP contribution in [0.4, 0.5) is 13.6 Å². The molecule has 1 aromatic carbocycles. The first-order chi connectivity index (χ1) is 19.7. The van der Waals surface area contributed by atoms with Gasteiger partial charge in [0.2, 0.25) is 12.3 Å². The largest absolute Gasteiger partial charge is 0.446 e. The van der Waals surface area contributed by atoms with E-state index in [1.807, 2.05) is 17.0 Å². The number of alkyl halides is 2. The summed E-state index contributed by atoms with van der Waals surface area (Å²) in [6.07, 6.45) is 2.14. The zero-order valence-corrected chi connectivity index (χ0v) is 25.2. The summed E-state index contributed by atoms with van der Waals surface area (Å²) < 4.78 is 37.4.